The summed E-state index contributed by atoms with van der Waals surface area (Å²) in [4.78, 5) is 16.7. The summed E-state index contributed by atoms with van der Waals surface area (Å²) in [7, 11) is 1.55. The molecule has 3 heterocycles. The molecule has 2 bridgehead atoms. The number of hydrogen-bond donors (Lipinski definition) is 1. The fourth-order valence-electron chi connectivity index (χ4n) is 3.01. The van der Waals surface area contributed by atoms with Gasteiger partial charge in [0.15, 0.2) is 5.78 Å². The van der Waals surface area contributed by atoms with Crippen molar-refractivity contribution in [2.75, 3.05) is 20.3 Å². The van der Waals surface area contributed by atoms with Gasteiger partial charge in [-0.25, -0.2) is 4.98 Å². The predicted octanol–water partition coefficient (Wildman–Crippen LogP) is 1.04. The van der Waals surface area contributed by atoms with Crippen LogP contribution in [-0.4, -0.2) is 43.2 Å². The van der Waals surface area contributed by atoms with Gasteiger partial charge in [-0.15, -0.1) is 0 Å². The highest BCUT2D eigenvalue weighted by Crippen LogP contribution is 2.29. The van der Waals surface area contributed by atoms with E-state index in [-0.39, 0.29) is 11.7 Å². The molecule has 1 N–H and O–H groups in total. The van der Waals surface area contributed by atoms with Gasteiger partial charge in [0.05, 0.1) is 25.9 Å². The zero-order valence-electron chi connectivity index (χ0n) is 11.0. The number of morpholine rings is 1. The van der Waals surface area contributed by atoms with Crippen LogP contribution in [0.5, 0.6) is 5.88 Å². The van der Waals surface area contributed by atoms with Gasteiger partial charge >= 0.3 is 0 Å². The molecule has 0 radical (unpaired) electrons. The number of piperidine rings is 1. The lowest BCUT2D eigenvalue weighted by Gasteiger charge is -2.39. The molecule has 1 aromatic rings. The number of carbonyl (C=O) groups is 1. The third kappa shape index (κ3) is 2.48. The van der Waals surface area contributed by atoms with Gasteiger partial charge in [-0.1, -0.05) is 0 Å². The van der Waals surface area contributed by atoms with E-state index in [9.17, 15) is 4.79 Å². The second-order valence-electron chi connectivity index (χ2n) is 5.19. The van der Waals surface area contributed by atoms with Gasteiger partial charge in [-0.3, -0.25) is 4.79 Å². The minimum atomic E-state index is 0.0400. The smallest absolute Gasteiger partial charge is 0.224 e. The molecule has 0 aromatic carbocycles. The van der Waals surface area contributed by atoms with Crippen molar-refractivity contribution in [3.63, 3.8) is 0 Å². The van der Waals surface area contributed by atoms with E-state index < -0.39 is 0 Å². The molecule has 2 unspecified atom stereocenters. The first-order chi connectivity index (χ1) is 9.28. The Hall–Kier alpha value is -1.46. The first kappa shape index (κ1) is 12.6. The Morgan fingerprint density at radius 2 is 2.16 bits per heavy atom. The van der Waals surface area contributed by atoms with Crippen LogP contribution < -0.4 is 10.1 Å². The van der Waals surface area contributed by atoms with E-state index in [1.54, 1.807) is 25.4 Å². The Bertz CT molecular complexity index is 466. The van der Waals surface area contributed by atoms with Gasteiger partial charge in [0.2, 0.25) is 5.88 Å². The molecule has 2 fully saturated rings. The van der Waals surface area contributed by atoms with Crippen LogP contribution in [0.1, 0.15) is 23.2 Å². The maximum Gasteiger partial charge on any atom is 0.224 e. The molecular formula is C14H18N2O3. The number of pyridine rings is 1. The highest BCUT2D eigenvalue weighted by atomic mass is 16.5. The highest BCUT2D eigenvalue weighted by Gasteiger charge is 2.36. The SMILES string of the molecule is COc1ncccc1C(=O)C1CC2COCC(C1)N2. The average molecular weight is 262 g/mol. The van der Waals surface area contributed by atoms with Crippen molar-refractivity contribution in [1.82, 2.24) is 10.3 Å². The van der Waals surface area contributed by atoms with E-state index in [1.807, 2.05) is 0 Å². The molecule has 1 aromatic heterocycles. The predicted molar refractivity (Wildman–Crippen MR) is 69.4 cm³/mol. The number of Topliss-reactive ketones (excluding diaryl/α,β-unsaturated/α-hetero) is 1. The molecule has 2 aliphatic rings. The number of fused-ring (bicyclic) bond motifs is 2. The summed E-state index contributed by atoms with van der Waals surface area (Å²) in [5, 5.41) is 3.49. The molecule has 2 aliphatic heterocycles. The van der Waals surface area contributed by atoms with Gasteiger partial charge < -0.3 is 14.8 Å². The van der Waals surface area contributed by atoms with Gasteiger partial charge in [0, 0.05) is 24.2 Å². The van der Waals surface area contributed by atoms with Crippen molar-refractivity contribution < 1.29 is 14.3 Å². The summed E-state index contributed by atoms with van der Waals surface area (Å²) in [6.45, 7) is 1.40. The molecule has 5 nitrogen and oxygen atoms in total. The largest absolute Gasteiger partial charge is 0.480 e. The number of hydrogen-bond acceptors (Lipinski definition) is 5. The topological polar surface area (TPSA) is 60.5 Å². The molecule has 5 heteroatoms. The molecule has 19 heavy (non-hydrogen) atoms. The van der Waals surface area contributed by atoms with Crippen LogP contribution in [0.25, 0.3) is 0 Å². The quantitative estimate of drug-likeness (QED) is 0.825. The highest BCUT2D eigenvalue weighted by molar-refractivity contribution is 5.99. The summed E-state index contributed by atoms with van der Waals surface area (Å²) < 4.78 is 10.7. The lowest BCUT2D eigenvalue weighted by molar-refractivity contribution is 0.00947. The number of nitrogens with zero attached hydrogens (tertiary/aromatic N) is 1. The first-order valence-electron chi connectivity index (χ1n) is 6.65. The minimum Gasteiger partial charge on any atom is -0.480 e. The van der Waals surface area contributed by atoms with Crippen molar-refractivity contribution >= 4 is 5.78 Å². The second-order valence-corrected chi connectivity index (χ2v) is 5.19. The average Bonchev–Trinajstić information content (AvgIpc) is 2.46. The number of carbonyl (C=O) groups excluding carboxylic acids is 1. The molecule has 3 rings (SSSR count). The Morgan fingerprint density at radius 1 is 1.42 bits per heavy atom. The third-order valence-corrected chi connectivity index (χ3v) is 3.85. The summed E-state index contributed by atoms with van der Waals surface area (Å²) >= 11 is 0. The second kappa shape index (κ2) is 5.27. The molecule has 0 saturated carbocycles. The molecule has 102 valence electrons. The van der Waals surface area contributed by atoms with E-state index in [0.717, 1.165) is 12.8 Å². The van der Waals surface area contributed by atoms with E-state index in [2.05, 4.69) is 10.3 Å². The first-order valence-corrected chi connectivity index (χ1v) is 6.65. The fraction of sp³-hybridized carbons (Fsp3) is 0.571. The molecule has 0 aliphatic carbocycles. The van der Waals surface area contributed by atoms with Crippen LogP contribution in [0.2, 0.25) is 0 Å². The van der Waals surface area contributed by atoms with E-state index in [0.29, 0.717) is 36.7 Å². The normalized spacial score (nSPS) is 29.8. The van der Waals surface area contributed by atoms with Gasteiger partial charge in [0.1, 0.15) is 0 Å². The van der Waals surface area contributed by atoms with E-state index in [1.165, 1.54) is 0 Å². The Balaban J connectivity index is 1.80. The number of rotatable bonds is 3. The Kier molecular flexibility index (Phi) is 3.48. The fourth-order valence-corrected chi connectivity index (χ4v) is 3.01. The zero-order chi connectivity index (χ0) is 13.2. The summed E-state index contributed by atoms with van der Waals surface area (Å²) in [5.74, 6) is 0.606. The van der Waals surface area contributed by atoms with Crippen LogP contribution in [0.3, 0.4) is 0 Å². The molecule has 0 spiro atoms. The van der Waals surface area contributed by atoms with Gasteiger partial charge in [-0.2, -0.15) is 0 Å². The van der Waals surface area contributed by atoms with E-state index in [4.69, 9.17) is 9.47 Å². The maximum absolute atomic E-state index is 12.6. The lowest BCUT2D eigenvalue weighted by atomic mass is 9.82. The van der Waals surface area contributed by atoms with Crippen molar-refractivity contribution in [3.8, 4) is 5.88 Å². The summed E-state index contributed by atoms with van der Waals surface area (Å²) in [5.41, 5.74) is 0.593. The number of nitrogens with one attached hydrogen (secondary N) is 1. The minimum absolute atomic E-state index is 0.0400. The number of ketones is 1. The Morgan fingerprint density at radius 3 is 2.84 bits per heavy atom. The van der Waals surface area contributed by atoms with Crippen molar-refractivity contribution in [2.24, 2.45) is 5.92 Å². The summed E-state index contributed by atoms with van der Waals surface area (Å²) in [6.07, 6.45) is 3.29. The Labute approximate surface area is 112 Å². The van der Waals surface area contributed by atoms with Crippen LogP contribution >= 0.6 is 0 Å². The standard InChI is InChI=1S/C14H18N2O3/c1-18-14-12(3-2-4-15-14)13(17)9-5-10-7-19-8-11(6-9)16-10/h2-4,9-11,16H,5-8H2,1H3. The van der Waals surface area contributed by atoms with Crippen molar-refractivity contribution in [3.05, 3.63) is 23.9 Å². The molecule has 0 amide bonds. The van der Waals surface area contributed by atoms with Gasteiger partial charge in [0.25, 0.3) is 0 Å². The number of ether oxygens (including phenoxy) is 2. The van der Waals surface area contributed by atoms with E-state index >= 15 is 0 Å². The number of aromatic nitrogens is 1. The van der Waals surface area contributed by atoms with Crippen molar-refractivity contribution in [1.29, 1.82) is 0 Å². The maximum atomic E-state index is 12.6. The van der Waals surface area contributed by atoms with Crippen molar-refractivity contribution in [2.45, 2.75) is 24.9 Å². The molecule has 2 atom stereocenters. The van der Waals surface area contributed by atoms with Crippen LogP contribution in [0.4, 0.5) is 0 Å². The summed E-state index contributed by atoms with van der Waals surface area (Å²) in [6, 6.07) is 4.16. The van der Waals surface area contributed by atoms with Crippen LogP contribution in [-0.2, 0) is 4.74 Å². The van der Waals surface area contributed by atoms with Crippen LogP contribution in [0, 0.1) is 5.92 Å². The lowest BCUT2D eigenvalue weighted by Crippen LogP contribution is -2.55. The molecule has 2 saturated heterocycles. The van der Waals surface area contributed by atoms with Crippen LogP contribution in [0.15, 0.2) is 18.3 Å². The monoisotopic (exact) mass is 262 g/mol. The zero-order valence-corrected chi connectivity index (χ0v) is 11.0. The number of methoxy groups -OCH3 is 1. The van der Waals surface area contributed by atoms with Gasteiger partial charge in [-0.05, 0) is 25.0 Å². The molecular weight excluding hydrogens is 244 g/mol. The third-order valence-electron chi connectivity index (χ3n) is 3.85.